The minimum absolute atomic E-state index is 0. The molecule has 15 heavy (non-hydrogen) atoms. The van der Waals surface area contributed by atoms with E-state index >= 15 is 0 Å². The van der Waals surface area contributed by atoms with Gasteiger partial charge in [0.25, 0.3) is 0 Å². The van der Waals surface area contributed by atoms with Gasteiger partial charge in [-0.15, -0.1) is 0 Å². The molecule has 0 fully saturated rings. The second kappa shape index (κ2) is 15.2. The molecule has 0 saturated heterocycles. The van der Waals surface area contributed by atoms with E-state index in [2.05, 4.69) is 22.4 Å². The molecule has 4 nitrogen and oxygen atoms in total. The van der Waals surface area contributed by atoms with Gasteiger partial charge in [0, 0.05) is 0 Å². The Labute approximate surface area is 99.8 Å². The molecule has 0 aromatic carbocycles. The molecule has 2 aromatic heterocycles. The standard InChI is InChI=1S/2C5H4N.Cr.2O/c2*1-2-4-6-5-3-1;;;/h2*1-4H;;;/q2*-1;+6;2*-2. The fraction of sp³-hybridized carbons (Fsp3) is 0. The predicted molar refractivity (Wildman–Crippen MR) is 47.5 cm³/mol. The molecule has 0 radical (unpaired) electrons. The average Bonchev–Trinajstić information content (AvgIpc) is 2.24. The zero-order chi connectivity index (χ0) is 8.49. The third kappa shape index (κ3) is 12.8. The largest absolute Gasteiger partial charge is 6.00 e. The first kappa shape index (κ1) is 19.3. The number of aromatic nitrogens is 2. The van der Waals surface area contributed by atoms with E-state index in [9.17, 15) is 0 Å². The van der Waals surface area contributed by atoms with Crippen LogP contribution in [0.25, 0.3) is 0 Å². The van der Waals surface area contributed by atoms with Crippen molar-refractivity contribution >= 4 is 0 Å². The SMILES string of the molecule is [Cr+6].[O-2].[O-2].[c-]1ccccn1.[c-]1ccccn1. The van der Waals surface area contributed by atoms with Crippen LogP contribution in [0.3, 0.4) is 0 Å². The first-order valence-electron chi connectivity index (χ1n) is 3.54. The third-order valence-corrected chi connectivity index (χ3v) is 1.03. The van der Waals surface area contributed by atoms with Gasteiger partial charge in [-0.2, -0.15) is 36.4 Å². The Hall–Kier alpha value is -1.25. The van der Waals surface area contributed by atoms with Crippen LogP contribution in [0, 0.1) is 12.4 Å². The Morgan fingerprint density at radius 1 is 0.667 bits per heavy atom. The van der Waals surface area contributed by atoms with Crippen LogP contribution in [-0.2, 0) is 28.3 Å². The van der Waals surface area contributed by atoms with Crippen molar-refractivity contribution in [1.82, 2.24) is 9.97 Å². The third-order valence-electron chi connectivity index (χ3n) is 1.03. The van der Waals surface area contributed by atoms with E-state index in [-0.39, 0.29) is 28.3 Å². The average molecular weight is 240 g/mol. The molecule has 0 saturated carbocycles. The second-order valence-electron chi connectivity index (χ2n) is 1.92. The summed E-state index contributed by atoms with van der Waals surface area (Å²) in [5.74, 6) is 0. The van der Waals surface area contributed by atoms with Crippen LogP contribution < -0.4 is 0 Å². The summed E-state index contributed by atoms with van der Waals surface area (Å²) in [5, 5.41) is 0. The van der Waals surface area contributed by atoms with Crippen molar-refractivity contribution in [3.8, 4) is 0 Å². The molecule has 2 heterocycles. The Kier molecular flexibility index (Phi) is 19.6. The van der Waals surface area contributed by atoms with E-state index in [0.717, 1.165) is 0 Å². The molecule has 76 valence electrons. The molecule has 0 aliphatic rings. The molecule has 0 atom stereocenters. The van der Waals surface area contributed by atoms with Crippen molar-refractivity contribution in [1.29, 1.82) is 0 Å². The van der Waals surface area contributed by atoms with E-state index in [1.54, 1.807) is 24.5 Å². The van der Waals surface area contributed by atoms with E-state index < -0.39 is 0 Å². The molecule has 2 rings (SSSR count). The van der Waals surface area contributed by atoms with Crippen LogP contribution in [-0.4, -0.2) is 9.97 Å². The molecule has 0 N–H and O–H groups in total. The fourth-order valence-electron chi connectivity index (χ4n) is 0.555. The molecule has 5 heteroatoms. The molecule has 0 bridgehead atoms. The number of pyridine rings is 2. The summed E-state index contributed by atoms with van der Waals surface area (Å²) in [7, 11) is 0. The molecule has 0 spiro atoms. The molecule has 0 aliphatic carbocycles. The maximum absolute atomic E-state index is 3.66. The summed E-state index contributed by atoms with van der Waals surface area (Å²) < 4.78 is 0. The second-order valence-corrected chi connectivity index (χ2v) is 1.92. The minimum atomic E-state index is 0. The monoisotopic (exact) mass is 240 g/mol. The molecule has 0 aliphatic heterocycles. The van der Waals surface area contributed by atoms with Gasteiger partial charge in [-0.1, -0.05) is 24.8 Å². The Bertz CT molecular complexity index is 197. The van der Waals surface area contributed by atoms with Crippen LogP contribution in [0.1, 0.15) is 0 Å². The van der Waals surface area contributed by atoms with Crippen molar-refractivity contribution < 1.29 is 28.3 Å². The van der Waals surface area contributed by atoms with E-state index in [1.165, 1.54) is 0 Å². The number of rotatable bonds is 0. The maximum atomic E-state index is 3.66. The number of hydrogen-bond donors (Lipinski definition) is 0. The predicted octanol–water partition coefficient (Wildman–Crippen LogP) is 1.52. The van der Waals surface area contributed by atoms with Gasteiger partial charge >= 0.3 is 17.4 Å². The van der Waals surface area contributed by atoms with Crippen molar-refractivity contribution in [3.63, 3.8) is 0 Å². The van der Waals surface area contributed by atoms with E-state index in [4.69, 9.17) is 0 Å². The first-order valence-corrected chi connectivity index (χ1v) is 3.54. The molecular weight excluding hydrogens is 232 g/mol. The molecule has 2 aromatic rings. The topological polar surface area (TPSA) is 82.8 Å². The van der Waals surface area contributed by atoms with Crippen LogP contribution in [0.15, 0.2) is 48.8 Å². The first-order chi connectivity index (χ1) is 6.00. The van der Waals surface area contributed by atoms with Crippen molar-refractivity contribution in [2.45, 2.75) is 0 Å². The van der Waals surface area contributed by atoms with Gasteiger partial charge in [0.15, 0.2) is 0 Å². The Morgan fingerprint density at radius 2 is 1.07 bits per heavy atom. The van der Waals surface area contributed by atoms with Gasteiger partial charge in [0.05, 0.1) is 0 Å². The Morgan fingerprint density at radius 3 is 1.13 bits per heavy atom. The maximum Gasteiger partial charge on any atom is 6.00 e. The summed E-state index contributed by atoms with van der Waals surface area (Å²) in [6, 6.07) is 11.0. The van der Waals surface area contributed by atoms with Gasteiger partial charge in [-0.25, -0.2) is 0 Å². The van der Waals surface area contributed by atoms with Crippen LogP contribution in [0.4, 0.5) is 0 Å². The zero-order valence-electron chi connectivity index (χ0n) is 7.74. The molecular formula is C10H8CrN2O2. The normalized spacial score (nSPS) is 6.40. The Balaban J connectivity index is -0.000000160. The number of nitrogens with zero attached hydrogens (tertiary/aromatic N) is 2. The summed E-state index contributed by atoms with van der Waals surface area (Å²) >= 11 is 0. The van der Waals surface area contributed by atoms with Crippen molar-refractivity contribution in [2.75, 3.05) is 0 Å². The fourth-order valence-corrected chi connectivity index (χ4v) is 0.555. The van der Waals surface area contributed by atoms with Crippen molar-refractivity contribution in [3.05, 3.63) is 61.2 Å². The van der Waals surface area contributed by atoms with Gasteiger partial charge in [0.1, 0.15) is 0 Å². The van der Waals surface area contributed by atoms with Crippen molar-refractivity contribution in [2.24, 2.45) is 0 Å². The quantitative estimate of drug-likeness (QED) is 0.654. The summed E-state index contributed by atoms with van der Waals surface area (Å²) in [6.45, 7) is 0. The minimum Gasteiger partial charge on any atom is -2.00 e. The smallest absolute Gasteiger partial charge is 2.00 e. The van der Waals surface area contributed by atoms with Crippen LogP contribution >= 0.6 is 0 Å². The van der Waals surface area contributed by atoms with Gasteiger partial charge in [-0.3, -0.25) is 0 Å². The summed E-state index contributed by atoms with van der Waals surface area (Å²) in [6.07, 6.45) is 8.67. The van der Waals surface area contributed by atoms with Crippen LogP contribution in [0.5, 0.6) is 0 Å². The van der Waals surface area contributed by atoms with Gasteiger partial charge in [0.2, 0.25) is 0 Å². The molecule has 0 amide bonds. The summed E-state index contributed by atoms with van der Waals surface area (Å²) in [5.41, 5.74) is 0. The van der Waals surface area contributed by atoms with Gasteiger partial charge in [-0.05, 0) is 0 Å². The summed E-state index contributed by atoms with van der Waals surface area (Å²) in [4.78, 5) is 7.32. The van der Waals surface area contributed by atoms with E-state index in [1.807, 2.05) is 24.3 Å². The number of hydrogen-bond acceptors (Lipinski definition) is 2. The van der Waals surface area contributed by atoms with Crippen LogP contribution in [0.2, 0.25) is 0 Å². The molecule has 0 unspecified atom stereocenters. The van der Waals surface area contributed by atoms with Gasteiger partial charge < -0.3 is 20.9 Å². The zero-order valence-corrected chi connectivity index (χ0v) is 9.01. The van der Waals surface area contributed by atoms with E-state index in [0.29, 0.717) is 0 Å².